The smallest absolute Gasteiger partial charge is 0.141 e. The standard InChI is InChI=1S/C21H17BrClNO2/c1-13-6-7-19(20(25)8-13)24-12-16-10-14(11-17(22)21(16)26)9-15-4-2-3-5-18(15)23/h2-8,10-12,25-26H,9H2,1H3. The van der Waals surface area contributed by atoms with Crippen molar-refractivity contribution in [3.8, 4) is 11.5 Å². The summed E-state index contributed by atoms with van der Waals surface area (Å²) in [5.74, 6) is 0.204. The molecule has 3 aromatic carbocycles. The highest BCUT2D eigenvalue weighted by Crippen LogP contribution is 2.32. The second-order valence-corrected chi connectivity index (χ2v) is 7.30. The average Bonchev–Trinajstić information content (AvgIpc) is 2.60. The Morgan fingerprint density at radius 1 is 1.08 bits per heavy atom. The van der Waals surface area contributed by atoms with Gasteiger partial charge >= 0.3 is 0 Å². The summed E-state index contributed by atoms with van der Waals surface area (Å²) in [6.45, 7) is 1.90. The Balaban J connectivity index is 1.93. The molecule has 0 heterocycles. The molecule has 0 aliphatic heterocycles. The molecule has 0 bridgehead atoms. The number of rotatable bonds is 4. The maximum atomic E-state index is 10.3. The highest BCUT2D eigenvalue weighted by molar-refractivity contribution is 9.10. The number of hydrogen-bond acceptors (Lipinski definition) is 3. The summed E-state index contributed by atoms with van der Waals surface area (Å²) < 4.78 is 0.580. The van der Waals surface area contributed by atoms with Crippen LogP contribution in [0.4, 0.5) is 5.69 Å². The molecule has 0 atom stereocenters. The summed E-state index contributed by atoms with van der Waals surface area (Å²) in [7, 11) is 0. The molecule has 0 aliphatic carbocycles. The largest absolute Gasteiger partial charge is 0.506 e. The van der Waals surface area contributed by atoms with Crippen LogP contribution in [-0.2, 0) is 6.42 Å². The van der Waals surface area contributed by atoms with Crippen molar-refractivity contribution < 1.29 is 10.2 Å². The fourth-order valence-electron chi connectivity index (χ4n) is 2.62. The highest BCUT2D eigenvalue weighted by atomic mass is 79.9. The van der Waals surface area contributed by atoms with E-state index in [0.29, 0.717) is 27.2 Å². The summed E-state index contributed by atoms with van der Waals surface area (Å²) in [5, 5.41) is 21.0. The zero-order valence-corrected chi connectivity index (χ0v) is 16.4. The second kappa shape index (κ2) is 7.94. The second-order valence-electron chi connectivity index (χ2n) is 6.03. The highest BCUT2D eigenvalue weighted by Gasteiger charge is 2.09. The number of aromatic hydroxyl groups is 2. The monoisotopic (exact) mass is 429 g/mol. The molecule has 0 saturated heterocycles. The van der Waals surface area contributed by atoms with E-state index in [1.165, 1.54) is 0 Å². The number of phenolic OH excluding ortho intramolecular Hbond substituents is 2. The van der Waals surface area contributed by atoms with Gasteiger partial charge in [-0.25, -0.2) is 0 Å². The minimum Gasteiger partial charge on any atom is -0.506 e. The molecule has 0 radical (unpaired) electrons. The molecule has 3 rings (SSSR count). The van der Waals surface area contributed by atoms with Crippen LogP contribution in [0.5, 0.6) is 11.5 Å². The molecule has 0 aromatic heterocycles. The minimum atomic E-state index is 0.100. The van der Waals surface area contributed by atoms with Gasteiger partial charge in [0, 0.05) is 16.8 Å². The normalized spacial score (nSPS) is 11.2. The van der Waals surface area contributed by atoms with Gasteiger partial charge in [0.25, 0.3) is 0 Å². The number of halogens is 2. The first kappa shape index (κ1) is 18.5. The van der Waals surface area contributed by atoms with Crippen LogP contribution < -0.4 is 0 Å². The van der Waals surface area contributed by atoms with Gasteiger partial charge in [-0.1, -0.05) is 35.9 Å². The Bertz CT molecular complexity index is 986. The first-order valence-electron chi connectivity index (χ1n) is 8.02. The summed E-state index contributed by atoms with van der Waals surface area (Å²) >= 11 is 9.63. The van der Waals surface area contributed by atoms with Crippen molar-refractivity contribution in [3.63, 3.8) is 0 Å². The van der Waals surface area contributed by atoms with Crippen LogP contribution in [0, 0.1) is 6.92 Å². The molecule has 0 saturated carbocycles. The van der Waals surface area contributed by atoms with E-state index in [2.05, 4.69) is 20.9 Å². The van der Waals surface area contributed by atoms with Crippen LogP contribution in [0.25, 0.3) is 0 Å². The van der Waals surface area contributed by atoms with Crippen molar-refractivity contribution in [1.82, 2.24) is 0 Å². The van der Waals surface area contributed by atoms with Gasteiger partial charge in [-0.05, 0) is 76.3 Å². The van der Waals surface area contributed by atoms with E-state index in [0.717, 1.165) is 16.7 Å². The third kappa shape index (κ3) is 4.26. The Hall–Kier alpha value is -2.30. The topological polar surface area (TPSA) is 52.8 Å². The SMILES string of the molecule is Cc1ccc(N=Cc2cc(Cc3ccccc3Cl)cc(Br)c2O)c(O)c1. The molecule has 0 amide bonds. The average molecular weight is 431 g/mol. The fraction of sp³-hybridized carbons (Fsp3) is 0.0952. The lowest BCUT2D eigenvalue weighted by molar-refractivity contribution is 0.470. The van der Waals surface area contributed by atoms with Crippen LogP contribution in [0.2, 0.25) is 5.02 Å². The van der Waals surface area contributed by atoms with Gasteiger partial charge in [-0.15, -0.1) is 0 Å². The van der Waals surface area contributed by atoms with E-state index in [1.54, 1.807) is 18.3 Å². The van der Waals surface area contributed by atoms with Crippen molar-refractivity contribution in [2.24, 2.45) is 4.99 Å². The van der Waals surface area contributed by atoms with E-state index in [1.807, 2.05) is 49.4 Å². The number of phenols is 2. The Morgan fingerprint density at radius 2 is 1.85 bits per heavy atom. The molecule has 132 valence electrons. The van der Waals surface area contributed by atoms with Gasteiger partial charge in [-0.3, -0.25) is 4.99 Å². The summed E-state index contributed by atoms with van der Waals surface area (Å²) in [6.07, 6.45) is 2.18. The number of aliphatic imine (C=N–C) groups is 1. The maximum absolute atomic E-state index is 10.3. The van der Waals surface area contributed by atoms with Crippen molar-refractivity contribution in [2.45, 2.75) is 13.3 Å². The molecule has 2 N–H and O–H groups in total. The molecular weight excluding hydrogens is 414 g/mol. The lowest BCUT2D eigenvalue weighted by Crippen LogP contribution is -1.93. The van der Waals surface area contributed by atoms with E-state index in [9.17, 15) is 10.2 Å². The summed E-state index contributed by atoms with van der Waals surface area (Å²) in [6, 6.07) is 16.6. The molecule has 0 unspecified atom stereocenters. The molecule has 0 fully saturated rings. The molecule has 5 heteroatoms. The van der Waals surface area contributed by atoms with Crippen molar-refractivity contribution >= 4 is 39.4 Å². The van der Waals surface area contributed by atoms with E-state index in [-0.39, 0.29) is 11.5 Å². The Kier molecular flexibility index (Phi) is 5.64. The number of nitrogens with zero attached hydrogens (tertiary/aromatic N) is 1. The zero-order chi connectivity index (χ0) is 18.7. The molecule has 3 nitrogen and oxygen atoms in total. The molecule has 3 aromatic rings. The number of benzene rings is 3. The first-order valence-corrected chi connectivity index (χ1v) is 9.19. The van der Waals surface area contributed by atoms with Crippen molar-refractivity contribution in [1.29, 1.82) is 0 Å². The van der Waals surface area contributed by atoms with Gasteiger partial charge in [-0.2, -0.15) is 0 Å². The maximum Gasteiger partial charge on any atom is 0.141 e. The lowest BCUT2D eigenvalue weighted by atomic mass is 10.0. The number of hydrogen-bond donors (Lipinski definition) is 2. The molecule has 0 spiro atoms. The van der Waals surface area contributed by atoms with Gasteiger partial charge in [0.1, 0.15) is 17.2 Å². The Morgan fingerprint density at radius 3 is 2.58 bits per heavy atom. The quantitative estimate of drug-likeness (QED) is 0.487. The third-order valence-electron chi connectivity index (χ3n) is 3.98. The zero-order valence-electron chi connectivity index (χ0n) is 14.1. The van der Waals surface area contributed by atoms with Gasteiger partial charge < -0.3 is 10.2 Å². The molecule has 0 aliphatic rings. The Labute approximate surface area is 165 Å². The summed E-state index contributed by atoms with van der Waals surface area (Å²) in [5.41, 5.74) is 3.95. The molecular formula is C21H17BrClNO2. The van der Waals surface area contributed by atoms with E-state index >= 15 is 0 Å². The molecule has 26 heavy (non-hydrogen) atoms. The van der Waals surface area contributed by atoms with Gasteiger partial charge in [0.15, 0.2) is 0 Å². The van der Waals surface area contributed by atoms with E-state index in [4.69, 9.17) is 11.6 Å². The number of aryl methyl sites for hydroxylation is 1. The van der Waals surface area contributed by atoms with Crippen LogP contribution in [0.15, 0.2) is 64.1 Å². The lowest BCUT2D eigenvalue weighted by Gasteiger charge is -2.09. The van der Waals surface area contributed by atoms with Crippen molar-refractivity contribution in [3.05, 3.63) is 86.3 Å². The van der Waals surface area contributed by atoms with Crippen LogP contribution in [0.3, 0.4) is 0 Å². The van der Waals surface area contributed by atoms with Crippen LogP contribution >= 0.6 is 27.5 Å². The van der Waals surface area contributed by atoms with Crippen molar-refractivity contribution in [2.75, 3.05) is 0 Å². The first-order chi connectivity index (χ1) is 12.4. The van der Waals surface area contributed by atoms with Crippen LogP contribution in [0.1, 0.15) is 22.3 Å². The van der Waals surface area contributed by atoms with Gasteiger partial charge in [0.05, 0.1) is 4.47 Å². The van der Waals surface area contributed by atoms with Gasteiger partial charge in [0.2, 0.25) is 0 Å². The third-order valence-corrected chi connectivity index (χ3v) is 4.95. The predicted molar refractivity (Wildman–Crippen MR) is 110 cm³/mol. The predicted octanol–water partition coefficient (Wildman–Crippen LogP) is 6.16. The van der Waals surface area contributed by atoms with E-state index < -0.39 is 0 Å². The minimum absolute atomic E-state index is 0.100. The fourth-order valence-corrected chi connectivity index (χ4v) is 3.35. The summed E-state index contributed by atoms with van der Waals surface area (Å²) in [4.78, 5) is 4.30. The van der Waals surface area contributed by atoms with Crippen LogP contribution in [-0.4, -0.2) is 16.4 Å².